The number of halogens is 3. The Morgan fingerprint density at radius 2 is 1.54 bits per heavy atom. The molecule has 0 radical (unpaired) electrons. The van der Waals surface area contributed by atoms with E-state index in [9.17, 15) is 32.3 Å². The Morgan fingerprint density at radius 1 is 0.889 bits per heavy atom. The lowest BCUT2D eigenvalue weighted by Gasteiger charge is -2.40. The van der Waals surface area contributed by atoms with Gasteiger partial charge in [0.2, 0.25) is 5.91 Å². The molecule has 5 rings (SSSR count). The molecule has 0 bridgehead atoms. The van der Waals surface area contributed by atoms with E-state index in [4.69, 9.17) is 14.2 Å². The molecular weight excluding hydrogens is 711 g/mol. The van der Waals surface area contributed by atoms with E-state index in [1.54, 1.807) is 50.9 Å². The molecule has 1 fully saturated rings. The lowest BCUT2D eigenvalue weighted by atomic mass is 10.1. The molecule has 1 aliphatic heterocycles. The first kappa shape index (κ1) is 39.2. The van der Waals surface area contributed by atoms with Gasteiger partial charge < -0.3 is 34.8 Å². The molecule has 4 amide bonds. The van der Waals surface area contributed by atoms with Crippen molar-refractivity contribution >= 4 is 40.3 Å². The molecule has 1 unspecified atom stereocenters. The van der Waals surface area contributed by atoms with Gasteiger partial charge in [-0.2, -0.15) is 0 Å². The van der Waals surface area contributed by atoms with Gasteiger partial charge in [-0.15, -0.1) is 0 Å². The zero-order valence-electron chi connectivity index (χ0n) is 30.9. The van der Waals surface area contributed by atoms with Crippen molar-refractivity contribution in [3.63, 3.8) is 0 Å². The summed E-state index contributed by atoms with van der Waals surface area (Å²) < 4.78 is 60.3. The van der Waals surface area contributed by atoms with Crippen molar-refractivity contribution in [1.29, 1.82) is 0 Å². The molecule has 0 spiro atoms. The normalized spacial score (nSPS) is 14.3. The van der Waals surface area contributed by atoms with Gasteiger partial charge in [0, 0.05) is 30.9 Å². The highest BCUT2D eigenvalue weighted by Crippen LogP contribution is 2.37. The average Bonchev–Trinajstić information content (AvgIpc) is 3.12. The molecule has 0 saturated carbocycles. The van der Waals surface area contributed by atoms with Gasteiger partial charge in [-0.3, -0.25) is 14.5 Å². The Labute approximate surface area is 309 Å². The van der Waals surface area contributed by atoms with Gasteiger partial charge >= 0.3 is 12.1 Å². The molecule has 2 N–H and O–H groups in total. The van der Waals surface area contributed by atoms with Gasteiger partial charge in [0.15, 0.2) is 17.5 Å². The van der Waals surface area contributed by atoms with Crippen LogP contribution in [0.2, 0.25) is 0 Å². The SMILES string of the molecule is COc1ccc(N(C(=O)Nc2ccc(F)cc2)C(C)c2nc3cc(F)c(F)cc3c(=O)n2N2CCN(C(=O)[C@H](C)NC(=O)OC(C)(C)C)CC2)c(OC)c1. The van der Waals surface area contributed by atoms with Crippen LogP contribution in [0.1, 0.15) is 46.5 Å². The van der Waals surface area contributed by atoms with Crippen LogP contribution in [-0.2, 0) is 9.53 Å². The number of carbonyl (C=O) groups is 3. The largest absolute Gasteiger partial charge is 0.497 e. The monoisotopic (exact) mass is 753 g/mol. The Kier molecular flexibility index (Phi) is 11.6. The number of fused-ring (bicyclic) bond motifs is 1. The first-order valence-corrected chi connectivity index (χ1v) is 17.0. The van der Waals surface area contributed by atoms with Crippen molar-refractivity contribution < 1.29 is 41.8 Å². The number of methoxy groups -OCH3 is 2. The van der Waals surface area contributed by atoms with Crippen molar-refractivity contribution in [2.45, 2.75) is 52.3 Å². The number of nitrogens with zero attached hydrogens (tertiary/aromatic N) is 5. The topological polar surface area (TPSA) is 148 Å². The van der Waals surface area contributed by atoms with Gasteiger partial charge in [0.1, 0.15) is 29.0 Å². The van der Waals surface area contributed by atoms with Gasteiger partial charge in [0.25, 0.3) is 5.56 Å². The van der Waals surface area contributed by atoms with Gasteiger partial charge in [-0.25, -0.2) is 32.4 Å². The molecular formula is C37H42F3N7O7. The number of ether oxygens (including phenoxy) is 3. The number of urea groups is 1. The molecule has 3 aromatic carbocycles. The highest BCUT2D eigenvalue weighted by Gasteiger charge is 2.34. The van der Waals surface area contributed by atoms with Crippen molar-refractivity contribution in [3.8, 4) is 11.5 Å². The van der Waals surface area contributed by atoms with Gasteiger partial charge in [-0.05, 0) is 77.1 Å². The maximum Gasteiger partial charge on any atom is 0.408 e. The van der Waals surface area contributed by atoms with E-state index in [0.29, 0.717) is 5.75 Å². The number of nitrogens with one attached hydrogen (secondary N) is 2. The number of anilines is 2. The number of aromatic nitrogens is 2. The molecule has 2 atom stereocenters. The van der Waals surface area contributed by atoms with Crippen molar-refractivity contribution in [3.05, 3.63) is 88.2 Å². The summed E-state index contributed by atoms with van der Waals surface area (Å²) in [6.07, 6.45) is -0.750. The lowest BCUT2D eigenvalue weighted by Crippen LogP contribution is -2.59. The summed E-state index contributed by atoms with van der Waals surface area (Å²) in [6, 6.07) is 8.59. The molecule has 4 aromatic rings. The van der Waals surface area contributed by atoms with Crippen LogP contribution in [0.15, 0.2) is 59.4 Å². The van der Waals surface area contributed by atoms with Crippen LogP contribution >= 0.6 is 0 Å². The highest BCUT2D eigenvalue weighted by molar-refractivity contribution is 6.03. The van der Waals surface area contributed by atoms with E-state index in [0.717, 1.165) is 12.1 Å². The second-order valence-corrected chi connectivity index (χ2v) is 13.5. The minimum atomic E-state index is -1.25. The van der Waals surface area contributed by atoms with Crippen LogP contribution in [0.3, 0.4) is 0 Å². The molecule has 54 heavy (non-hydrogen) atoms. The molecule has 14 nitrogen and oxygen atoms in total. The number of benzene rings is 3. The second kappa shape index (κ2) is 15.9. The predicted molar refractivity (Wildman–Crippen MR) is 195 cm³/mol. The van der Waals surface area contributed by atoms with E-state index in [1.165, 1.54) is 59.9 Å². The Balaban J connectivity index is 1.56. The van der Waals surface area contributed by atoms with Crippen LogP contribution in [0, 0.1) is 17.5 Å². The van der Waals surface area contributed by atoms with E-state index in [-0.39, 0.29) is 65.9 Å². The molecule has 0 aliphatic carbocycles. The molecule has 17 heteroatoms. The molecule has 1 aromatic heterocycles. The number of alkyl carbamates (subject to hydrolysis) is 1. The summed E-state index contributed by atoms with van der Waals surface area (Å²) in [5, 5.41) is 6.65. The number of hydrogen-bond donors (Lipinski definition) is 2. The molecule has 1 aliphatic rings. The predicted octanol–water partition coefficient (Wildman–Crippen LogP) is 5.32. The standard InChI is InChI=1S/C37H42F3N7O7/c1-21(41-36(51)54-37(3,4)5)33(48)44-14-16-45(17-15-44)47-32(43-29-20-28(40)27(39)19-26(29)34(47)49)22(2)46(30-13-12-25(52-6)18-31(30)53-7)35(50)42-24-10-8-23(38)9-11-24/h8-13,18-22H,14-17H2,1-7H3,(H,41,51)(H,42,50)/t21-,22?/m0/s1. The Morgan fingerprint density at radius 3 is 2.15 bits per heavy atom. The van der Waals surface area contributed by atoms with Crippen LogP contribution in [0.5, 0.6) is 11.5 Å². The van der Waals surface area contributed by atoms with Crippen LogP contribution < -0.4 is 35.6 Å². The van der Waals surface area contributed by atoms with E-state index >= 15 is 0 Å². The maximum atomic E-state index is 14.6. The smallest absolute Gasteiger partial charge is 0.408 e. The average molecular weight is 754 g/mol. The number of carbonyl (C=O) groups excluding carboxylic acids is 3. The number of piperazine rings is 1. The fourth-order valence-corrected chi connectivity index (χ4v) is 5.98. The summed E-state index contributed by atoms with van der Waals surface area (Å²) in [6.45, 7) is 8.59. The zero-order chi connectivity index (χ0) is 39.5. The van der Waals surface area contributed by atoms with Gasteiger partial charge in [0.05, 0.1) is 49.9 Å². The molecule has 1 saturated heterocycles. The molecule has 288 valence electrons. The van der Waals surface area contributed by atoms with Crippen LogP contribution in [0.25, 0.3) is 10.9 Å². The van der Waals surface area contributed by atoms with E-state index in [2.05, 4.69) is 15.6 Å². The third-order valence-electron chi connectivity index (χ3n) is 8.59. The second-order valence-electron chi connectivity index (χ2n) is 13.5. The van der Waals surface area contributed by atoms with E-state index in [1.807, 2.05) is 0 Å². The number of hydrogen-bond acceptors (Lipinski definition) is 9. The van der Waals surface area contributed by atoms with Crippen LogP contribution in [0.4, 0.5) is 34.1 Å². The highest BCUT2D eigenvalue weighted by atomic mass is 19.2. The first-order valence-electron chi connectivity index (χ1n) is 17.0. The summed E-state index contributed by atoms with van der Waals surface area (Å²) >= 11 is 0. The quantitative estimate of drug-likeness (QED) is 0.232. The lowest BCUT2D eigenvalue weighted by molar-refractivity contribution is -0.133. The maximum absolute atomic E-state index is 14.6. The first-order chi connectivity index (χ1) is 25.5. The number of amides is 4. The fraction of sp³-hybridized carbons (Fsp3) is 0.378. The number of rotatable bonds is 9. The van der Waals surface area contributed by atoms with Gasteiger partial charge in [-0.1, -0.05) is 0 Å². The summed E-state index contributed by atoms with van der Waals surface area (Å²) in [7, 11) is 2.85. The van der Waals surface area contributed by atoms with Crippen molar-refractivity contribution in [2.75, 3.05) is 55.6 Å². The Hall–Kier alpha value is -6.00. The summed E-state index contributed by atoms with van der Waals surface area (Å²) in [5.74, 6) is -2.79. The van der Waals surface area contributed by atoms with E-state index < -0.39 is 52.8 Å². The third-order valence-corrected chi connectivity index (χ3v) is 8.59. The van der Waals surface area contributed by atoms with Crippen LogP contribution in [-0.4, -0.2) is 84.6 Å². The summed E-state index contributed by atoms with van der Waals surface area (Å²) in [5.41, 5.74) is -1.20. The fourth-order valence-electron chi connectivity index (χ4n) is 5.98. The van der Waals surface area contributed by atoms with Crippen molar-refractivity contribution in [2.24, 2.45) is 0 Å². The minimum Gasteiger partial charge on any atom is -0.497 e. The third kappa shape index (κ3) is 8.61. The van der Waals surface area contributed by atoms with Crippen molar-refractivity contribution in [1.82, 2.24) is 19.9 Å². The Bertz CT molecular complexity index is 2100. The molecule has 2 heterocycles. The minimum absolute atomic E-state index is 0.0367. The summed E-state index contributed by atoms with van der Waals surface area (Å²) in [4.78, 5) is 61.5. The zero-order valence-corrected chi connectivity index (χ0v) is 30.9.